The van der Waals surface area contributed by atoms with Gasteiger partial charge in [-0.25, -0.2) is 4.52 Å². The van der Waals surface area contributed by atoms with Crippen LogP contribution in [0.1, 0.15) is 61.9 Å². The summed E-state index contributed by atoms with van der Waals surface area (Å²) in [5, 5.41) is 40.3. The second-order valence-electron chi connectivity index (χ2n) is 10.3. The van der Waals surface area contributed by atoms with Gasteiger partial charge in [0.15, 0.2) is 5.01 Å². The number of hydrogen-bond acceptors (Lipinski definition) is 9. The summed E-state index contributed by atoms with van der Waals surface area (Å²) in [6.07, 6.45) is 9.19. The van der Waals surface area contributed by atoms with Crippen LogP contribution in [0.5, 0.6) is 0 Å². The minimum atomic E-state index is -0.423. The molecule has 39 heavy (non-hydrogen) atoms. The molecule has 0 spiro atoms. The molecule has 1 unspecified atom stereocenters. The number of carbonyl (C=O) groups excluding carboxylic acids is 1. The molecule has 196 valence electrons. The Labute approximate surface area is 229 Å². The number of carbonyl (C=O) groups is 1. The first-order chi connectivity index (χ1) is 19.0. The number of hydrogen-bond donors (Lipinski definition) is 2. The van der Waals surface area contributed by atoms with Crippen LogP contribution in [0, 0.1) is 28.6 Å². The minimum absolute atomic E-state index is 0.218. The fraction of sp³-hybridized carbons (Fsp3) is 0.393. The van der Waals surface area contributed by atoms with Crippen molar-refractivity contribution in [3.8, 4) is 34.1 Å². The van der Waals surface area contributed by atoms with Crippen LogP contribution in [-0.2, 0) is 4.79 Å². The molecule has 10 nitrogen and oxygen atoms in total. The van der Waals surface area contributed by atoms with Crippen LogP contribution in [0.25, 0.3) is 27.5 Å². The molecule has 0 radical (unpaired) electrons. The highest BCUT2D eigenvalue weighted by molar-refractivity contribution is 7.14. The SMILES string of the molecule is CC(C#N)Nc1cc(-c2ccc3cc(C#N)cnn23)ncc1-c1nnc([C@H]2CC[C@H](NC(=O)C3CC3)CC2)s1. The Bertz CT molecular complexity index is 1620. The summed E-state index contributed by atoms with van der Waals surface area (Å²) in [5.41, 5.74) is 4.27. The maximum absolute atomic E-state index is 12.1. The molecule has 2 saturated carbocycles. The number of pyridine rings is 1. The normalized spacial score (nSPS) is 19.7. The van der Waals surface area contributed by atoms with Gasteiger partial charge in [0.25, 0.3) is 0 Å². The van der Waals surface area contributed by atoms with Crippen molar-refractivity contribution in [1.29, 1.82) is 10.5 Å². The third kappa shape index (κ3) is 5.18. The van der Waals surface area contributed by atoms with E-state index in [1.165, 1.54) is 6.20 Å². The largest absolute Gasteiger partial charge is 0.369 e. The predicted molar refractivity (Wildman–Crippen MR) is 147 cm³/mol. The van der Waals surface area contributed by atoms with Gasteiger partial charge in [-0.05, 0) is 69.7 Å². The second-order valence-corrected chi connectivity index (χ2v) is 11.3. The highest BCUT2D eigenvalue weighted by Gasteiger charge is 2.33. The van der Waals surface area contributed by atoms with E-state index < -0.39 is 6.04 Å². The maximum Gasteiger partial charge on any atom is 0.223 e. The standard InChI is InChI=1S/C28H27N9OS/c1-16(12-29)33-23-11-24(25-9-8-21-10-17(13-30)14-32-37(21)25)31-15-22(23)28-36-35-27(39-28)19-4-6-20(7-5-19)34-26(38)18-2-3-18/h8-11,14-16,18-20H,2-7H2,1H3,(H,31,33)(H,34,38)/t16?,19-,20-. The van der Waals surface area contributed by atoms with E-state index in [9.17, 15) is 15.3 Å². The van der Waals surface area contributed by atoms with E-state index in [1.807, 2.05) is 18.2 Å². The average Bonchev–Trinajstić information content (AvgIpc) is 3.56. The fourth-order valence-corrected chi connectivity index (χ4v) is 6.10. The van der Waals surface area contributed by atoms with Gasteiger partial charge < -0.3 is 10.6 Å². The van der Waals surface area contributed by atoms with Crippen LogP contribution in [-0.4, -0.2) is 42.8 Å². The van der Waals surface area contributed by atoms with Crippen molar-refractivity contribution in [3.63, 3.8) is 0 Å². The van der Waals surface area contributed by atoms with Crippen LogP contribution in [0.2, 0.25) is 0 Å². The van der Waals surface area contributed by atoms with Crippen molar-refractivity contribution < 1.29 is 4.79 Å². The lowest BCUT2D eigenvalue weighted by Crippen LogP contribution is -2.38. The van der Waals surface area contributed by atoms with Crippen molar-refractivity contribution >= 4 is 28.4 Å². The number of fused-ring (bicyclic) bond motifs is 1. The van der Waals surface area contributed by atoms with Gasteiger partial charge in [0, 0.05) is 29.8 Å². The summed E-state index contributed by atoms with van der Waals surface area (Å²) in [6, 6.07) is 11.7. The number of amides is 1. The van der Waals surface area contributed by atoms with Gasteiger partial charge in [0.05, 0.1) is 40.3 Å². The topological polar surface area (TPSA) is 145 Å². The summed E-state index contributed by atoms with van der Waals surface area (Å²) >= 11 is 1.56. The molecular weight excluding hydrogens is 510 g/mol. The van der Waals surface area contributed by atoms with Crippen molar-refractivity contribution in [1.82, 2.24) is 30.1 Å². The molecular formula is C28H27N9OS. The van der Waals surface area contributed by atoms with E-state index in [0.717, 1.165) is 71.0 Å². The van der Waals surface area contributed by atoms with Crippen molar-refractivity contribution in [2.45, 2.75) is 63.5 Å². The molecule has 1 atom stereocenters. The minimum Gasteiger partial charge on any atom is -0.369 e. The molecule has 0 bridgehead atoms. The molecule has 4 heterocycles. The van der Waals surface area contributed by atoms with Gasteiger partial charge in [-0.3, -0.25) is 9.78 Å². The molecule has 0 aliphatic heterocycles. The number of nitriles is 2. The number of aromatic nitrogens is 5. The number of nitrogens with one attached hydrogen (secondary N) is 2. The third-order valence-corrected chi connectivity index (χ3v) is 8.52. The molecule has 11 heteroatoms. The number of nitrogens with zero attached hydrogens (tertiary/aromatic N) is 7. The predicted octanol–water partition coefficient (Wildman–Crippen LogP) is 4.66. The maximum atomic E-state index is 12.1. The van der Waals surface area contributed by atoms with Gasteiger partial charge in [0.1, 0.15) is 17.1 Å². The molecule has 2 aliphatic rings. The molecule has 6 rings (SSSR count). The van der Waals surface area contributed by atoms with E-state index in [0.29, 0.717) is 17.2 Å². The first-order valence-electron chi connectivity index (χ1n) is 13.2. The number of rotatable bonds is 7. The molecule has 2 aliphatic carbocycles. The molecule has 1 amide bonds. The Morgan fingerprint density at radius 2 is 1.92 bits per heavy atom. The first-order valence-corrected chi connectivity index (χ1v) is 14.0. The zero-order chi connectivity index (χ0) is 26.9. The molecule has 0 saturated heterocycles. The fourth-order valence-electron chi connectivity index (χ4n) is 5.06. The van der Waals surface area contributed by atoms with Crippen LogP contribution < -0.4 is 10.6 Å². The zero-order valence-electron chi connectivity index (χ0n) is 21.5. The van der Waals surface area contributed by atoms with Gasteiger partial charge in [0.2, 0.25) is 5.91 Å². The van der Waals surface area contributed by atoms with Crippen LogP contribution in [0.4, 0.5) is 5.69 Å². The Hall–Kier alpha value is -4.35. The summed E-state index contributed by atoms with van der Waals surface area (Å²) in [7, 11) is 0. The highest BCUT2D eigenvalue weighted by Crippen LogP contribution is 2.39. The second kappa shape index (κ2) is 10.4. The Morgan fingerprint density at radius 3 is 2.67 bits per heavy atom. The first kappa shape index (κ1) is 25.0. The smallest absolute Gasteiger partial charge is 0.223 e. The lowest BCUT2D eigenvalue weighted by Gasteiger charge is -2.27. The summed E-state index contributed by atoms with van der Waals surface area (Å²) in [5.74, 6) is 0.780. The van der Waals surface area contributed by atoms with Crippen LogP contribution in [0.15, 0.2) is 36.7 Å². The Kier molecular flexibility index (Phi) is 6.67. The number of anilines is 1. The monoisotopic (exact) mass is 537 g/mol. The van der Waals surface area contributed by atoms with Gasteiger partial charge >= 0.3 is 0 Å². The molecule has 2 fully saturated rings. The van der Waals surface area contributed by atoms with Crippen molar-refractivity contribution in [2.24, 2.45) is 5.92 Å². The zero-order valence-corrected chi connectivity index (χ0v) is 22.3. The van der Waals surface area contributed by atoms with Gasteiger partial charge in [-0.1, -0.05) is 11.3 Å². The van der Waals surface area contributed by atoms with Crippen molar-refractivity contribution in [2.75, 3.05) is 5.32 Å². The molecule has 4 aromatic heterocycles. The summed E-state index contributed by atoms with van der Waals surface area (Å²) in [6.45, 7) is 1.80. The Morgan fingerprint density at radius 1 is 1.10 bits per heavy atom. The van der Waals surface area contributed by atoms with E-state index in [-0.39, 0.29) is 17.9 Å². The van der Waals surface area contributed by atoms with Gasteiger partial charge in [-0.2, -0.15) is 15.6 Å². The third-order valence-electron chi connectivity index (χ3n) is 7.40. The van der Waals surface area contributed by atoms with Crippen molar-refractivity contribution in [3.05, 3.63) is 47.2 Å². The lowest BCUT2D eigenvalue weighted by molar-refractivity contribution is -0.123. The quantitative estimate of drug-likeness (QED) is 0.346. The molecule has 4 aromatic rings. The average molecular weight is 538 g/mol. The molecule has 0 aromatic carbocycles. The van der Waals surface area contributed by atoms with E-state index >= 15 is 0 Å². The molecule has 2 N–H and O–H groups in total. The van der Waals surface area contributed by atoms with Crippen LogP contribution in [0.3, 0.4) is 0 Å². The van der Waals surface area contributed by atoms with E-state index in [4.69, 9.17) is 4.98 Å². The summed E-state index contributed by atoms with van der Waals surface area (Å²) < 4.78 is 1.74. The Balaban J connectivity index is 1.24. The van der Waals surface area contributed by atoms with E-state index in [1.54, 1.807) is 35.0 Å². The lowest BCUT2D eigenvalue weighted by atomic mass is 9.86. The van der Waals surface area contributed by atoms with Crippen LogP contribution >= 0.6 is 11.3 Å². The highest BCUT2D eigenvalue weighted by atomic mass is 32.1. The van der Waals surface area contributed by atoms with Gasteiger partial charge in [-0.15, -0.1) is 10.2 Å². The summed E-state index contributed by atoms with van der Waals surface area (Å²) in [4.78, 5) is 16.8. The van der Waals surface area contributed by atoms with E-state index in [2.05, 4.69) is 38.1 Å².